The van der Waals surface area contributed by atoms with Crippen molar-refractivity contribution in [3.8, 4) is 5.75 Å². The van der Waals surface area contributed by atoms with Crippen molar-refractivity contribution in [2.24, 2.45) is 0 Å². The Hall–Kier alpha value is -2.73. The first-order valence-corrected chi connectivity index (χ1v) is 11.1. The highest BCUT2D eigenvalue weighted by molar-refractivity contribution is 5.92. The van der Waals surface area contributed by atoms with Gasteiger partial charge in [0.2, 0.25) is 5.91 Å². The molecule has 30 heavy (non-hydrogen) atoms. The molecule has 0 bridgehead atoms. The van der Waals surface area contributed by atoms with Crippen LogP contribution in [0.25, 0.3) is 0 Å². The third-order valence-corrected chi connectivity index (χ3v) is 6.08. The number of phenolic OH excluding ortho intramolecular Hbond substituents is 1. The fraction of sp³-hybridized carbons (Fsp3) is 0.458. The van der Waals surface area contributed by atoms with E-state index in [4.69, 9.17) is 0 Å². The largest absolute Gasteiger partial charge is 0.506 e. The lowest BCUT2D eigenvalue weighted by Gasteiger charge is -2.35. The average molecular weight is 409 g/mol. The van der Waals surface area contributed by atoms with E-state index in [2.05, 4.69) is 32.1 Å². The van der Waals surface area contributed by atoms with Crippen LogP contribution in [0.4, 0.5) is 17.1 Å². The van der Waals surface area contributed by atoms with Gasteiger partial charge >= 0.3 is 0 Å². The van der Waals surface area contributed by atoms with Gasteiger partial charge in [-0.3, -0.25) is 9.69 Å². The maximum atomic E-state index is 12.5. The normalized spacial score (nSPS) is 18.1. The average Bonchev–Trinajstić information content (AvgIpc) is 3.05. The van der Waals surface area contributed by atoms with Gasteiger partial charge in [0, 0.05) is 50.6 Å². The van der Waals surface area contributed by atoms with E-state index < -0.39 is 0 Å². The zero-order chi connectivity index (χ0) is 20.8. The van der Waals surface area contributed by atoms with Crippen molar-refractivity contribution in [3.63, 3.8) is 0 Å². The second kappa shape index (κ2) is 9.85. The molecule has 2 fully saturated rings. The zero-order valence-electron chi connectivity index (χ0n) is 17.6. The lowest BCUT2D eigenvalue weighted by molar-refractivity contribution is -0.117. The van der Waals surface area contributed by atoms with Crippen molar-refractivity contribution in [1.82, 2.24) is 4.90 Å². The lowest BCUT2D eigenvalue weighted by Crippen LogP contribution is -2.48. The van der Waals surface area contributed by atoms with Gasteiger partial charge in [-0.25, -0.2) is 0 Å². The van der Waals surface area contributed by atoms with Crippen LogP contribution in [0, 0.1) is 0 Å². The number of piperazine rings is 1. The molecule has 0 aliphatic carbocycles. The van der Waals surface area contributed by atoms with E-state index in [0.29, 0.717) is 12.3 Å². The van der Waals surface area contributed by atoms with Gasteiger partial charge in [0.1, 0.15) is 5.75 Å². The standard InChI is InChI=1S/C24H32N4O2/c29-23-8-4-3-7-22(23)28-17-15-26(16-18-28)19-24(30)25-20-9-11-21(12-10-20)27-13-5-1-2-6-14-27/h3-4,7-12,29H,1-2,5-6,13-19H2,(H,25,30). The number of phenols is 1. The summed E-state index contributed by atoms with van der Waals surface area (Å²) in [7, 11) is 0. The Bertz CT molecular complexity index is 823. The predicted molar refractivity (Wildman–Crippen MR) is 123 cm³/mol. The smallest absolute Gasteiger partial charge is 0.238 e. The molecule has 0 radical (unpaired) electrons. The van der Waals surface area contributed by atoms with Crippen LogP contribution >= 0.6 is 0 Å². The summed E-state index contributed by atoms with van der Waals surface area (Å²) < 4.78 is 0. The third-order valence-electron chi connectivity index (χ3n) is 6.08. The minimum Gasteiger partial charge on any atom is -0.506 e. The Morgan fingerprint density at radius 1 is 0.800 bits per heavy atom. The van der Waals surface area contributed by atoms with Gasteiger partial charge in [-0.15, -0.1) is 0 Å². The molecule has 2 aliphatic rings. The first-order chi connectivity index (χ1) is 14.7. The van der Waals surface area contributed by atoms with E-state index in [1.807, 2.05) is 30.3 Å². The molecule has 1 amide bonds. The van der Waals surface area contributed by atoms with Gasteiger partial charge in [-0.2, -0.15) is 0 Å². The number of benzene rings is 2. The van der Waals surface area contributed by atoms with Crippen LogP contribution in [0.5, 0.6) is 5.75 Å². The SMILES string of the molecule is O=C(CN1CCN(c2ccccc2O)CC1)Nc1ccc(N2CCCCCC2)cc1. The maximum absolute atomic E-state index is 12.5. The minimum atomic E-state index is 0.0218. The summed E-state index contributed by atoms with van der Waals surface area (Å²) in [5.74, 6) is 0.334. The van der Waals surface area contributed by atoms with E-state index in [0.717, 1.165) is 50.6 Å². The van der Waals surface area contributed by atoms with Crippen molar-refractivity contribution < 1.29 is 9.90 Å². The van der Waals surface area contributed by atoms with Crippen molar-refractivity contribution >= 4 is 23.0 Å². The maximum Gasteiger partial charge on any atom is 0.238 e. The predicted octanol–water partition coefficient (Wildman–Crippen LogP) is 3.53. The molecule has 2 aromatic carbocycles. The Morgan fingerprint density at radius 3 is 2.13 bits per heavy atom. The number of nitrogens with zero attached hydrogens (tertiary/aromatic N) is 3. The van der Waals surface area contributed by atoms with Gasteiger partial charge in [-0.1, -0.05) is 25.0 Å². The first kappa shape index (κ1) is 20.5. The summed E-state index contributed by atoms with van der Waals surface area (Å²) in [6, 6.07) is 15.7. The van der Waals surface area contributed by atoms with E-state index in [1.165, 1.54) is 31.4 Å². The second-order valence-corrected chi connectivity index (χ2v) is 8.25. The van der Waals surface area contributed by atoms with E-state index in [1.54, 1.807) is 6.07 Å². The van der Waals surface area contributed by atoms with Crippen molar-refractivity contribution in [1.29, 1.82) is 0 Å². The Kier molecular flexibility index (Phi) is 6.74. The summed E-state index contributed by atoms with van der Waals surface area (Å²) in [6.45, 7) is 5.84. The number of para-hydroxylation sites is 2. The molecule has 0 saturated carbocycles. The van der Waals surface area contributed by atoms with Gasteiger partial charge in [0.25, 0.3) is 0 Å². The van der Waals surface area contributed by atoms with Crippen LogP contribution in [0.15, 0.2) is 48.5 Å². The minimum absolute atomic E-state index is 0.0218. The third kappa shape index (κ3) is 5.25. The molecule has 0 atom stereocenters. The molecule has 160 valence electrons. The highest BCUT2D eigenvalue weighted by atomic mass is 16.3. The Labute approximate surface area is 179 Å². The number of carbonyl (C=O) groups is 1. The van der Waals surface area contributed by atoms with Gasteiger partial charge in [0.05, 0.1) is 12.2 Å². The van der Waals surface area contributed by atoms with Crippen LogP contribution in [-0.2, 0) is 4.79 Å². The van der Waals surface area contributed by atoms with Gasteiger partial charge in [-0.05, 0) is 49.2 Å². The van der Waals surface area contributed by atoms with Crippen molar-refractivity contribution in [2.75, 3.05) is 60.9 Å². The topological polar surface area (TPSA) is 59.1 Å². The fourth-order valence-electron chi connectivity index (χ4n) is 4.37. The van der Waals surface area contributed by atoms with E-state index in [9.17, 15) is 9.90 Å². The number of nitrogens with one attached hydrogen (secondary N) is 1. The summed E-state index contributed by atoms with van der Waals surface area (Å²) >= 11 is 0. The lowest BCUT2D eigenvalue weighted by atomic mass is 10.2. The second-order valence-electron chi connectivity index (χ2n) is 8.25. The molecule has 2 saturated heterocycles. The molecular formula is C24H32N4O2. The van der Waals surface area contributed by atoms with Crippen molar-refractivity contribution in [2.45, 2.75) is 25.7 Å². The highest BCUT2D eigenvalue weighted by Crippen LogP contribution is 2.27. The quantitative estimate of drug-likeness (QED) is 0.793. The molecular weight excluding hydrogens is 376 g/mol. The van der Waals surface area contributed by atoms with Crippen LogP contribution in [-0.4, -0.2) is 61.7 Å². The molecule has 6 heteroatoms. The summed E-state index contributed by atoms with van der Waals surface area (Å²) in [6.07, 6.45) is 5.17. The Balaban J connectivity index is 1.24. The number of amides is 1. The number of hydrogen-bond acceptors (Lipinski definition) is 5. The summed E-state index contributed by atoms with van der Waals surface area (Å²) in [5, 5.41) is 13.1. The molecule has 0 unspecified atom stereocenters. The first-order valence-electron chi connectivity index (χ1n) is 11.1. The molecule has 0 aromatic heterocycles. The number of aromatic hydroxyl groups is 1. The molecule has 6 nitrogen and oxygen atoms in total. The van der Waals surface area contributed by atoms with Gasteiger partial charge in [0.15, 0.2) is 0 Å². The molecule has 0 spiro atoms. The molecule has 2 aliphatic heterocycles. The number of anilines is 3. The number of carbonyl (C=O) groups excluding carboxylic acids is 1. The van der Waals surface area contributed by atoms with E-state index >= 15 is 0 Å². The molecule has 2 heterocycles. The fourth-order valence-corrected chi connectivity index (χ4v) is 4.37. The summed E-state index contributed by atoms with van der Waals surface area (Å²) in [4.78, 5) is 19.3. The molecule has 2 N–H and O–H groups in total. The Morgan fingerprint density at radius 2 is 1.47 bits per heavy atom. The van der Waals surface area contributed by atoms with Crippen LogP contribution in [0.1, 0.15) is 25.7 Å². The van der Waals surface area contributed by atoms with Crippen LogP contribution < -0.4 is 15.1 Å². The summed E-state index contributed by atoms with van der Waals surface area (Å²) in [5.41, 5.74) is 2.97. The number of rotatable bonds is 5. The zero-order valence-corrected chi connectivity index (χ0v) is 17.6. The molecule has 2 aromatic rings. The van der Waals surface area contributed by atoms with Gasteiger partial charge < -0.3 is 20.2 Å². The molecule has 4 rings (SSSR count). The number of hydrogen-bond donors (Lipinski definition) is 2. The van der Waals surface area contributed by atoms with E-state index in [-0.39, 0.29) is 5.91 Å². The van der Waals surface area contributed by atoms with Crippen LogP contribution in [0.3, 0.4) is 0 Å². The monoisotopic (exact) mass is 408 g/mol. The highest BCUT2D eigenvalue weighted by Gasteiger charge is 2.20. The van der Waals surface area contributed by atoms with Crippen molar-refractivity contribution in [3.05, 3.63) is 48.5 Å². The van der Waals surface area contributed by atoms with Crippen LogP contribution in [0.2, 0.25) is 0 Å².